The van der Waals surface area contributed by atoms with E-state index >= 15 is 0 Å². The molecular weight excluding hydrogens is 446 g/mol. The van der Waals surface area contributed by atoms with Crippen molar-refractivity contribution in [2.45, 2.75) is 83.8 Å². The second kappa shape index (κ2) is 11.7. The van der Waals surface area contributed by atoms with E-state index in [1.165, 1.54) is 5.56 Å². The molecule has 3 aliphatic rings. The maximum atomic E-state index is 12.4. The minimum absolute atomic E-state index is 0.198. The third-order valence-corrected chi connectivity index (χ3v) is 8.36. The number of carbonyl (C=O) groups excluding carboxylic acids is 2. The highest BCUT2D eigenvalue weighted by Gasteiger charge is 2.46. The molecule has 6 atom stereocenters. The first-order valence-corrected chi connectivity index (χ1v) is 13.5. The lowest BCUT2D eigenvalue weighted by Crippen LogP contribution is -2.35. The Morgan fingerprint density at radius 2 is 2.09 bits per heavy atom. The Hall–Kier alpha value is -2.12. The highest BCUT2D eigenvalue weighted by atomic mass is 16.6. The average Bonchev–Trinajstić information content (AvgIpc) is 3.36. The molecular formula is C28H41NO6. The SMILES string of the molecule is CCCCC[C@@H](O)CCC1C2[C@@H](Cc3c(cccc3OCC(=O)N3CCOC3=O)C[C@H]2C)C[C@H]1O. The summed E-state index contributed by atoms with van der Waals surface area (Å²) in [6.45, 7) is 4.75. The number of amides is 2. The van der Waals surface area contributed by atoms with Crippen LogP contribution < -0.4 is 4.74 Å². The largest absolute Gasteiger partial charge is 0.483 e. The summed E-state index contributed by atoms with van der Waals surface area (Å²) in [6.07, 6.45) is 7.08. The molecule has 2 amide bonds. The molecule has 2 N–H and O–H groups in total. The quantitative estimate of drug-likeness (QED) is 0.482. The minimum atomic E-state index is -0.608. The average molecular weight is 488 g/mol. The normalized spacial score (nSPS) is 28.7. The summed E-state index contributed by atoms with van der Waals surface area (Å²) >= 11 is 0. The van der Waals surface area contributed by atoms with Gasteiger partial charge in [-0.2, -0.15) is 0 Å². The zero-order valence-electron chi connectivity index (χ0n) is 21.2. The van der Waals surface area contributed by atoms with E-state index in [0.29, 0.717) is 23.5 Å². The number of imide groups is 1. The predicted molar refractivity (Wildman–Crippen MR) is 132 cm³/mol. The number of ether oxygens (including phenoxy) is 2. The van der Waals surface area contributed by atoms with Crippen molar-refractivity contribution in [3.8, 4) is 5.75 Å². The number of carbonyl (C=O) groups is 2. The number of hydrogen-bond acceptors (Lipinski definition) is 6. The summed E-state index contributed by atoms with van der Waals surface area (Å²) in [7, 11) is 0. The molecule has 2 unspecified atom stereocenters. The zero-order chi connectivity index (χ0) is 24.9. The van der Waals surface area contributed by atoms with Gasteiger partial charge in [0.2, 0.25) is 0 Å². The van der Waals surface area contributed by atoms with Crippen LogP contribution in [0.3, 0.4) is 0 Å². The lowest BCUT2D eigenvalue weighted by Gasteiger charge is -2.30. The van der Waals surface area contributed by atoms with Gasteiger partial charge < -0.3 is 19.7 Å². The van der Waals surface area contributed by atoms with Gasteiger partial charge in [0.1, 0.15) is 12.4 Å². The molecule has 1 saturated carbocycles. The van der Waals surface area contributed by atoms with Gasteiger partial charge in [-0.15, -0.1) is 0 Å². The van der Waals surface area contributed by atoms with Crippen LogP contribution in [0.5, 0.6) is 5.75 Å². The molecule has 194 valence electrons. The number of benzene rings is 1. The molecule has 0 aromatic heterocycles. The molecule has 1 aliphatic heterocycles. The van der Waals surface area contributed by atoms with Crippen LogP contribution in [0.15, 0.2) is 18.2 Å². The maximum absolute atomic E-state index is 12.4. The van der Waals surface area contributed by atoms with Crippen molar-refractivity contribution in [3.05, 3.63) is 29.3 Å². The van der Waals surface area contributed by atoms with Crippen LogP contribution >= 0.6 is 0 Å². The van der Waals surface area contributed by atoms with Gasteiger partial charge in [0.15, 0.2) is 6.61 Å². The van der Waals surface area contributed by atoms with E-state index in [2.05, 4.69) is 19.9 Å². The molecule has 4 rings (SSSR count). The molecule has 1 aromatic carbocycles. The van der Waals surface area contributed by atoms with Crippen LogP contribution in [-0.4, -0.2) is 59.1 Å². The number of aliphatic hydroxyl groups excluding tert-OH is 2. The lowest BCUT2D eigenvalue weighted by molar-refractivity contribution is -0.129. The van der Waals surface area contributed by atoms with Crippen molar-refractivity contribution in [2.24, 2.45) is 23.7 Å². The zero-order valence-corrected chi connectivity index (χ0v) is 21.2. The molecule has 2 aliphatic carbocycles. The molecule has 1 saturated heterocycles. The Labute approximate surface area is 208 Å². The fourth-order valence-corrected chi connectivity index (χ4v) is 6.65. The van der Waals surface area contributed by atoms with Gasteiger partial charge in [-0.25, -0.2) is 9.69 Å². The molecule has 1 aromatic rings. The molecule has 1 heterocycles. The van der Waals surface area contributed by atoms with Crippen molar-refractivity contribution in [1.29, 1.82) is 0 Å². The second-order valence-corrected chi connectivity index (χ2v) is 10.8. The van der Waals surface area contributed by atoms with Crippen molar-refractivity contribution in [3.63, 3.8) is 0 Å². The van der Waals surface area contributed by atoms with E-state index in [-0.39, 0.29) is 43.8 Å². The number of unbranched alkanes of at least 4 members (excludes halogenated alkanes) is 2. The van der Waals surface area contributed by atoms with Crippen molar-refractivity contribution >= 4 is 12.0 Å². The minimum Gasteiger partial charge on any atom is -0.483 e. The third kappa shape index (κ3) is 6.00. The number of aliphatic hydroxyl groups is 2. The smallest absolute Gasteiger partial charge is 0.416 e. The highest BCUT2D eigenvalue weighted by Crippen LogP contribution is 2.49. The topological polar surface area (TPSA) is 96.3 Å². The van der Waals surface area contributed by atoms with Crippen LogP contribution in [0.4, 0.5) is 4.79 Å². The number of hydrogen-bond donors (Lipinski definition) is 2. The molecule has 0 spiro atoms. The first-order valence-electron chi connectivity index (χ1n) is 13.5. The Kier molecular flexibility index (Phi) is 8.71. The second-order valence-electron chi connectivity index (χ2n) is 10.8. The molecule has 0 bridgehead atoms. The first kappa shape index (κ1) is 26.0. The Bertz CT molecular complexity index is 888. The van der Waals surface area contributed by atoms with Gasteiger partial charge in [-0.1, -0.05) is 45.2 Å². The molecule has 7 heteroatoms. The van der Waals surface area contributed by atoms with Crippen molar-refractivity contribution in [1.82, 2.24) is 4.90 Å². The standard InChI is InChI=1S/C28H41NO6/c1-3-4-5-8-21(30)10-11-22-24(31)16-20-15-23-19(14-18(2)27(20)22)7-6-9-25(23)35-17-26(32)29-12-13-34-28(29)33/h6-7,9,18,20-22,24,27,30-31H,3-5,8,10-17H2,1-2H3/t18-,20+,21-,22?,24-,27?/m1/s1. The number of cyclic esters (lactones) is 1. The summed E-state index contributed by atoms with van der Waals surface area (Å²) in [4.78, 5) is 25.2. The third-order valence-electron chi connectivity index (χ3n) is 8.36. The van der Waals surface area contributed by atoms with Gasteiger partial charge in [0.25, 0.3) is 5.91 Å². The highest BCUT2D eigenvalue weighted by molar-refractivity contribution is 5.93. The molecule has 2 fully saturated rings. The molecule has 35 heavy (non-hydrogen) atoms. The van der Waals surface area contributed by atoms with Crippen LogP contribution in [-0.2, 0) is 22.4 Å². The fourth-order valence-electron chi connectivity index (χ4n) is 6.65. The van der Waals surface area contributed by atoms with Crippen LogP contribution in [0.2, 0.25) is 0 Å². The van der Waals surface area contributed by atoms with Gasteiger partial charge in [-0.05, 0) is 79.4 Å². The Morgan fingerprint density at radius 1 is 1.26 bits per heavy atom. The van der Waals surface area contributed by atoms with Gasteiger partial charge >= 0.3 is 6.09 Å². The van der Waals surface area contributed by atoms with E-state index in [0.717, 1.165) is 68.3 Å². The van der Waals surface area contributed by atoms with Crippen molar-refractivity contribution in [2.75, 3.05) is 19.8 Å². The van der Waals surface area contributed by atoms with Crippen LogP contribution in [0, 0.1) is 23.7 Å². The number of rotatable bonds is 10. The van der Waals surface area contributed by atoms with E-state index < -0.39 is 6.09 Å². The van der Waals surface area contributed by atoms with Crippen molar-refractivity contribution < 1.29 is 29.3 Å². The van der Waals surface area contributed by atoms with E-state index in [1.807, 2.05) is 12.1 Å². The number of nitrogens with zero attached hydrogens (tertiary/aromatic N) is 1. The van der Waals surface area contributed by atoms with Gasteiger partial charge in [-0.3, -0.25) is 4.79 Å². The van der Waals surface area contributed by atoms with Gasteiger partial charge in [0.05, 0.1) is 18.8 Å². The molecule has 0 radical (unpaired) electrons. The molecule has 7 nitrogen and oxygen atoms in total. The van der Waals surface area contributed by atoms with Gasteiger partial charge in [0, 0.05) is 0 Å². The lowest BCUT2D eigenvalue weighted by atomic mass is 9.76. The van der Waals surface area contributed by atoms with E-state index in [1.54, 1.807) is 0 Å². The summed E-state index contributed by atoms with van der Waals surface area (Å²) in [5.41, 5.74) is 2.36. The monoisotopic (exact) mass is 487 g/mol. The predicted octanol–water partition coefficient (Wildman–Crippen LogP) is 4.11. The van der Waals surface area contributed by atoms with E-state index in [9.17, 15) is 19.8 Å². The Balaban J connectivity index is 1.41. The maximum Gasteiger partial charge on any atom is 0.416 e. The Morgan fingerprint density at radius 3 is 2.83 bits per heavy atom. The van der Waals surface area contributed by atoms with Crippen LogP contribution in [0.1, 0.15) is 69.9 Å². The number of fused-ring (bicyclic) bond motifs is 2. The summed E-state index contributed by atoms with van der Waals surface area (Å²) in [5, 5.41) is 21.4. The van der Waals surface area contributed by atoms with E-state index in [4.69, 9.17) is 9.47 Å². The summed E-state index contributed by atoms with van der Waals surface area (Å²) < 4.78 is 10.8. The first-order chi connectivity index (χ1) is 16.9. The fraction of sp³-hybridized carbons (Fsp3) is 0.714. The summed E-state index contributed by atoms with van der Waals surface area (Å²) in [6, 6.07) is 6.01. The summed E-state index contributed by atoms with van der Waals surface area (Å²) in [5.74, 6) is 1.67. The van der Waals surface area contributed by atoms with Crippen LogP contribution in [0.25, 0.3) is 0 Å².